The van der Waals surface area contributed by atoms with Gasteiger partial charge < -0.3 is 9.15 Å². The molecule has 0 aliphatic carbocycles. The van der Waals surface area contributed by atoms with Gasteiger partial charge in [-0.05, 0) is 42.2 Å². The molecule has 1 unspecified atom stereocenters. The van der Waals surface area contributed by atoms with Crippen molar-refractivity contribution in [2.75, 3.05) is 6.61 Å². The van der Waals surface area contributed by atoms with E-state index in [9.17, 15) is 0 Å². The van der Waals surface area contributed by atoms with E-state index >= 15 is 0 Å². The first-order chi connectivity index (χ1) is 8.34. The normalized spacial score (nSPS) is 16.1. The Morgan fingerprint density at radius 3 is 3.00 bits per heavy atom. The van der Waals surface area contributed by atoms with Gasteiger partial charge in [0.25, 0.3) is 0 Å². The second kappa shape index (κ2) is 4.46. The molecular weight excluding hydrogens is 236 g/mol. The van der Waals surface area contributed by atoms with E-state index < -0.39 is 0 Å². The van der Waals surface area contributed by atoms with Crippen LogP contribution in [-0.2, 0) is 6.42 Å². The molecule has 1 atom stereocenters. The summed E-state index contributed by atoms with van der Waals surface area (Å²) in [4.78, 5) is 0. The fourth-order valence-electron chi connectivity index (χ4n) is 2.14. The average Bonchev–Trinajstić information content (AvgIpc) is 2.91. The minimum absolute atomic E-state index is 0.225. The molecule has 0 amide bonds. The Kier molecular flexibility index (Phi) is 2.81. The topological polar surface area (TPSA) is 22.4 Å². The summed E-state index contributed by atoms with van der Waals surface area (Å²) in [6.45, 7) is 0.814. The summed E-state index contributed by atoms with van der Waals surface area (Å²) < 4.78 is 10.9. The van der Waals surface area contributed by atoms with Crippen molar-refractivity contribution in [3.63, 3.8) is 0 Å². The van der Waals surface area contributed by atoms with Gasteiger partial charge in [-0.1, -0.05) is 12.1 Å². The van der Waals surface area contributed by atoms with Crippen LogP contribution in [0.5, 0.6) is 5.75 Å². The van der Waals surface area contributed by atoms with Crippen molar-refractivity contribution in [3.05, 3.63) is 53.5 Å². The summed E-state index contributed by atoms with van der Waals surface area (Å²) in [5.74, 6) is 1.77. The molecule has 2 heterocycles. The number of benzene rings is 1. The van der Waals surface area contributed by atoms with E-state index in [1.54, 1.807) is 6.26 Å². The number of fused-ring (bicyclic) bond motifs is 1. The molecule has 0 bridgehead atoms. The molecule has 1 aromatic heterocycles. The minimum Gasteiger partial charge on any atom is -0.493 e. The summed E-state index contributed by atoms with van der Waals surface area (Å²) in [7, 11) is 0. The smallest absolute Gasteiger partial charge is 0.126 e. The Morgan fingerprint density at radius 1 is 1.24 bits per heavy atom. The van der Waals surface area contributed by atoms with Crippen molar-refractivity contribution in [1.29, 1.82) is 0 Å². The SMILES string of the molecule is ClC(c1ccc2c(c1)CCCO2)c1ccco1. The highest BCUT2D eigenvalue weighted by Crippen LogP contribution is 2.33. The third-order valence-electron chi connectivity index (χ3n) is 3.02. The molecule has 0 radical (unpaired) electrons. The largest absolute Gasteiger partial charge is 0.493 e. The fraction of sp³-hybridized carbons (Fsp3) is 0.286. The van der Waals surface area contributed by atoms with Gasteiger partial charge in [-0.15, -0.1) is 11.6 Å². The van der Waals surface area contributed by atoms with Crippen molar-refractivity contribution >= 4 is 11.6 Å². The van der Waals surface area contributed by atoms with Gasteiger partial charge in [0.05, 0.1) is 12.9 Å². The zero-order valence-electron chi connectivity index (χ0n) is 9.36. The molecule has 2 nitrogen and oxygen atoms in total. The standard InChI is InChI=1S/C14H13ClO2/c15-14(13-4-2-8-17-13)11-5-6-12-10(9-11)3-1-7-16-12/h2,4-6,8-9,14H,1,3,7H2. The van der Waals surface area contributed by atoms with Gasteiger partial charge >= 0.3 is 0 Å². The third kappa shape index (κ3) is 2.05. The first-order valence-corrected chi connectivity index (χ1v) is 6.21. The summed E-state index contributed by atoms with van der Waals surface area (Å²) >= 11 is 6.38. The molecule has 2 aromatic rings. The number of hydrogen-bond acceptors (Lipinski definition) is 2. The number of furan rings is 1. The fourth-order valence-corrected chi connectivity index (χ4v) is 2.40. The van der Waals surface area contributed by atoms with Crippen LogP contribution in [0.1, 0.15) is 28.7 Å². The van der Waals surface area contributed by atoms with Crippen molar-refractivity contribution in [1.82, 2.24) is 0 Å². The number of aryl methyl sites for hydroxylation is 1. The Bertz CT molecular complexity index is 505. The molecular formula is C14H13ClO2. The lowest BCUT2D eigenvalue weighted by molar-refractivity contribution is 0.288. The van der Waals surface area contributed by atoms with Gasteiger partial charge in [-0.3, -0.25) is 0 Å². The van der Waals surface area contributed by atoms with Crippen LogP contribution in [0.25, 0.3) is 0 Å². The van der Waals surface area contributed by atoms with Crippen LogP contribution in [0.2, 0.25) is 0 Å². The maximum absolute atomic E-state index is 6.38. The molecule has 0 saturated carbocycles. The first-order valence-electron chi connectivity index (χ1n) is 5.78. The monoisotopic (exact) mass is 248 g/mol. The number of hydrogen-bond donors (Lipinski definition) is 0. The van der Waals surface area contributed by atoms with E-state index in [2.05, 4.69) is 6.07 Å². The molecule has 3 heteroatoms. The van der Waals surface area contributed by atoms with E-state index in [4.69, 9.17) is 20.8 Å². The van der Waals surface area contributed by atoms with Gasteiger partial charge in [0.1, 0.15) is 16.9 Å². The molecule has 3 rings (SSSR count). The van der Waals surface area contributed by atoms with Crippen LogP contribution in [-0.4, -0.2) is 6.61 Å². The van der Waals surface area contributed by atoms with Crippen molar-refractivity contribution in [2.45, 2.75) is 18.2 Å². The van der Waals surface area contributed by atoms with Crippen LogP contribution in [0, 0.1) is 0 Å². The van der Waals surface area contributed by atoms with E-state index in [0.717, 1.165) is 36.5 Å². The van der Waals surface area contributed by atoms with E-state index in [-0.39, 0.29) is 5.38 Å². The second-order valence-electron chi connectivity index (χ2n) is 4.20. The van der Waals surface area contributed by atoms with E-state index in [0.29, 0.717) is 0 Å². The lowest BCUT2D eigenvalue weighted by Crippen LogP contribution is -2.08. The highest BCUT2D eigenvalue weighted by molar-refractivity contribution is 6.22. The summed E-state index contributed by atoms with van der Waals surface area (Å²) in [6, 6.07) is 9.88. The maximum Gasteiger partial charge on any atom is 0.126 e. The predicted octanol–water partition coefficient (Wildman–Crippen LogP) is 3.93. The van der Waals surface area contributed by atoms with Gasteiger partial charge in [-0.2, -0.15) is 0 Å². The number of halogens is 1. The Balaban J connectivity index is 1.93. The van der Waals surface area contributed by atoms with Gasteiger partial charge in [0.15, 0.2) is 0 Å². The highest BCUT2D eigenvalue weighted by atomic mass is 35.5. The summed E-state index contributed by atoms with van der Waals surface area (Å²) in [5.41, 5.74) is 2.30. The summed E-state index contributed by atoms with van der Waals surface area (Å²) in [6.07, 6.45) is 3.78. The average molecular weight is 249 g/mol. The molecule has 17 heavy (non-hydrogen) atoms. The molecule has 0 saturated heterocycles. The van der Waals surface area contributed by atoms with Gasteiger partial charge in [0.2, 0.25) is 0 Å². The molecule has 0 fully saturated rings. The lowest BCUT2D eigenvalue weighted by Gasteiger charge is -2.18. The lowest BCUT2D eigenvalue weighted by atomic mass is 10.0. The van der Waals surface area contributed by atoms with Crippen molar-refractivity contribution in [3.8, 4) is 5.75 Å². The third-order valence-corrected chi connectivity index (χ3v) is 3.49. The zero-order chi connectivity index (χ0) is 11.7. The Labute approximate surface area is 105 Å². The van der Waals surface area contributed by atoms with Crippen LogP contribution in [0.15, 0.2) is 41.0 Å². The van der Waals surface area contributed by atoms with Crippen molar-refractivity contribution < 1.29 is 9.15 Å². The van der Waals surface area contributed by atoms with Gasteiger partial charge in [0, 0.05) is 0 Å². The van der Waals surface area contributed by atoms with E-state index in [1.165, 1.54) is 5.56 Å². The molecule has 0 spiro atoms. The maximum atomic E-state index is 6.38. The minimum atomic E-state index is -0.225. The zero-order valence-corrected chi connectivity index (χ0v) is 10.1. The van der Waals surface area contributed by atoms with E-state index in [1.807, 2.05) is 24.3 Å². The molecule has 1 aliphatic heterocycles. The molecule has 88 valence electrons. The molecule has 1 aromatic carbocycles. The highest BCUT2D eigenvalue weighted by Gasteiger charge is 2.17. The Hall–Kier alpha value is -1.41. The van der Waals surface area contributed by atoms with Crippen molar-refractivity contribution in [2.24, 2.45) is 0 Å². The first kappa shape index (κ1) is 10.7. The van der Waals surface area contributed by atoms with Gasteiger partial charge in [-0.25, -0.2) is 0 Å². The van der Waals surface area contributed by atoms with Crippen LogP contribution < -0.4 is 4.74 Å². The number of rotatable bonds is 2. The van der Waals surface area contributed by atoms with Crippen LogP contribution in [0.3, 0.4) is 0 Å². The summed E-state index contributed by atoms with van der Waals surface area (Å²) in [5, 5.41) is -0.225. The number of alkyl halides is 1. The second-order valence-corrected chi connectivity index (χ2v) is 4.63. The quantitative estimate of drug-likeness (QED) is 0.752. The Morgan fingerprint density at radius 2 is 2.18 bits per heavy atom. The number of ether oxygens (including phenoxy) is 1. The van der Waals surface area contributed by atoms with Crippen LogP contribution >= 0.6 is 11.6 Å². The molecule has 1 aliphatic rings. The molecule has 0 N–H and O–H groups in total. The van der Waals surface area contributed by atoms with Crippen LogP contribution in [0.4, 0.5) is 0 Å². The predicted molar refractivity (Wildman–Crippen MR) is 66.7 cm³/mol.